The largest absolute Gasteiger partial charge is 0.493 e. The molecule has 3 aromatic rings. The van der Waals surface area contributed by atoms with E-state index in [-0.39, 0.29) is 30.0 Å². The summed E-state index contributed by atoms with van der Waals surface area (Å²) in [6.45, 7) is 0.131. The molecule has 0 N–H and O–H groups in total. The van der Waals surface area contributed by atoms with E-state index in [0.29, 0.717) is 37.7 Å². The number of nitrogens with zero attached hydrogens (tertiary/aromatic N) is 3. The molecule has 0 atom stereocenters. The maximum absolute atomic E-state index is 13.1. The number of hydrogen-bond donors (Lipinski definition) is 0. The Kier molecular flexibility index (Phi) is 5.97. The number of aromatic nitrogens is 1. The van der Waals surface area contributed by atoms with E-state index >= 15 is 0 Å². The van der Waals surface area contributed by atoms with E-state index in [0.717, 1.165) is 0 Å². The van der Waals surface area contributed by atoms with Crippen LogP contribution in [0.4, 0.5) is 11.4 Å². The van der Waals surface area contributed by atoms with E-state index in [1.165, 1.54) is 42.1 Å². The number of fused-ring (bicyclic) bond motifs is 1. The molecule has 12 heteroatoms. The molecule has 3 heterocycles. The Bertz CT molecular complexity index is 1410. The van der Waals surface area contributed by atoms with Gasteiger partial charge in [0.15, 0.2) is 27.3 Å². The van der Waals surface area contributed by atoms with Crippen molar-refractivity contribution in [3.63, 3.8) is 0 Å². The predicted octanol–water partition coefficient (Wildman–Crippen LogP) is 4.93. The average Bonchev–Trinajstić information content (AvgIpc) is 3.43. The number of carbonyl (C=O) groups excluding carboxylic acids is 1. The van der Waals surface area contributed by atoms with Crippen molar-refractivity contribution in [1.82, 2.24) is 4.98 Å². The SMILES string of the molecule is COc1cc(/C=C2\SC(=S)N(c3ccc4c(c3)OCO4)C2=O)ccc1Oc1ncccc1[N+](=O)[O-]. The van der Waals surface area contributed by atoms with Crippen LogP contribution in [0.15, 0.2) is 59.6 Å². The van der Waals surface area contributed by atoms with Gasteiger partial charge >= 0.3 is 5.69 Å². The van der Waals surface area contributed by atoms with Crippen LogP contribution in [0.3, 0.4) is 0 Å². The first-order valence-corrected chi connectivity index (χ1v) is 11.3. The summed E-state index contributed by atoms with van der Waals surface area (Å²) in [6, 6.07) is 12.9. The van der Waals surface area contributed by atoms with Gasteiger partial charge in [-0.25, -0.2) is 4.98 Å². The summed E-state index contributed by atoms with van der Waals surface area (Å²) >= 11 is 6.61. The third-order valence-corrected chi connectivity index (χ3v) is 6.35. The Balaban J connectivity index is 1.40. The summed E-state index contributed by atoms with van der Waals surface area (Å²) in [6.07, 6.45) is 3.08. The van der Waals surface area contributed by atoms with Gasteiger partial charge < -0.3 is 18.9 Å². The first-order valence-electron chi connectivity index (χ1n) is 10.1. The standard InChI is InChI=1S/C23H15N3O7S2/c1-30-18-9-13(4-6-17(18)33-21-15(26(28)29)3-2-8-24-21)10-20-22(27)25(23(34)35-20)14-5-7-16-19(11-14)32-12-31-16/h2-11H,12H2,1H3/b20-10-. The van der Waals surface area contributed by atoms with E-state index < -0.39 is 4.92 Å². The van der Waals surface area contributed by atoms with Gasteiger partial charge in [0, 0.05) is 18.3 Å². The fraction of sp³-hybridized carbons (Fsp3) is 0.0870. The molecule has 10 nitrogen and oxygen atoms in total. The predicted molar refractivity (Wildman–Crippen MR) is 132 cm³/mol. The quantitative estimate of drug-likeness (QED) is 0.196. The number of carbonyl (C=O) groups is 1. The number of thiocarbonyl (C=S) groups is 1. The second-order valence-corrected chi connectivity index (χ2v) is 8.83. The number of hydrogen-bond acceptors (Lipinski definition) is 10. The third-order valence-electron chi connectivity index (χ3n) is 5.05. The molecule has 5 rings (SSSR count). The molecule has 0 radical (unpaired) electrons. The Morgan fingerprint density at radius 3 is 2.80 bits per heavy atom. The fourth-order valence-corrected chi connectivity index (χ4v) is 4.73. The van der Waals surface area contributed by atoms with Gasteiger partial charge in [-0.2, -0.15) is 0 Å². The highest BCUT2D eigenvalue weighted by Crippen LogP contribution is 2.41. The molecular formula is C23H15N3O7S2. The smallest absolute Gasteiger partial charge is 0.331 e. The zero-order chi connectivity index (χ0) is 24.5. The van der Waals surface area contributed by atoms with Crippen LogP contribution in [0.25, 0.3) is 6.08 Å². The van der Waals surface area contributed by atoms with Gasteiger partial charge in [0.25, 0.3) is 11.8 Å². The number of thioether (sulfide) groups is 1. The lowest BCUT2D eigenvalue weighted by Gasteiger charge is -2.14. The molecule has 1 amide bonds. The zero-order valence-corrected chi connectivity index (χ0v) is 19.6. The normalized spacial score (nSPS) is 15.6. The van der Waals surface area contributed by atoms with Crippen LogP contribution in [0.5, 0.6) is 28.9 Å². The van der Waals surface area contributed by atoms with Crippen LogP contribution in [-0.4, -0.2) is 34.0 Å². The second-order valence-electron chi connectivity index (χ2n) is 7.15. The Morgan fingerprint density at radius 2 is 2.00 bits per heavy atom. The molecular weight excluding hydrogens is 494 g/mol. The topological polar surface area (TPSA) is 113 Å². The number of benzene rings is 2. The summed E-state index contributed by atoms with van der Waals surface area (Å²) < 4.78 is 22.1. The zero-order valence-electron chi connectivity index (χ0n) is 18.0. The van der Waals surface area contributed by atoms with Crippen molar-refractivity contribution in [3.8, 4) is 28.9 Å². The van der Waals surface area contributed by atoms with Crippen LogP contribution in [0, 0.1) is 10.1 Å². The summed E-state index contributed by atoms with van der Waals surface area (Å²) in [5.74, 6) is 1.27. The molecule has 1 aromatic heterocycles. The van der Waals surface area contributed by atoms with Crippen molar-refractivity contribution >= 4 is 51.7 Å². The van der Waals surface area contributed by atoms with Crippen molar-refractivity contribution < 1.29 is 28.7 Å². The maximum Gasteiger partial charge on any atom is 0.331 e. The molecule has 0 spiro atoms. The van der Waals surface area contributed by atoms with Gasteiger partial charge in [-0.05, 0) is 42.0 Å². The Labute approximate surface area is 208 Å². The molecule has 1 fully saturated rings. The van der Waals surface area contributed by atoms with Crippen LogP contribution in [0.1, 0.15) is 5.56 Å². The minimum Gasteiger partial charge on any atom is -0.493 e. The molecule has 2 aromatic carbocycles. The number of pyridine rings is 1. The minimum absolute atomic E-state index is 0.131. The monoisotopic (exact) mass is 509 g/mol. The van der Waals surface area contributed by atoms with Gasteiger partial charge in [0.05, 0.1) is 22.6 Å². The van der Waals surface area contributed by atoms with E-state index in [4.69, 9.17) is 31.2 Å². The summed E-state index contributed by atoms with van der Waals surface area (Å²) in [7, 11) is 1.44. The minimum atomic E-state index is -0.578. The lowest BCUT2D eigenvalue weighted by Crippen LogP contribution is -2.27. The van der Waals surface area contributed by atoms with E-state index in [9.17, 15) is 14.9 Å². The van der Waals surface area contributed by atoms with E-state index in [1.807, 2.05) is 0 Å². The maximum atomic E-state index is 13.1. The average molecular weight is 510 g/mol. The Hall–Kier alpha value is -4.16. The van der Waals surface area contributed by atoms with Crippen LogP contribution in [-0.2, 0) is 4.79 Å². The van der Waals surface area contributed by atoms with Crippen molar-refractivity contribution in [2.75, 3.05) is 18.8 Å². The van der Waals surface area contributed by atoms with E-state index in [2.05, 4.69) is 4.98 Å². The number of nitro groups is 1. The van der Waals surface area contributed by atoms with Gasteiger partial charge in [-0.15, -0.1) is 0 Å². The van der Waals surface area contributed by atoms with Crippen molar-refractivity contribution in [2.45, 2.75) is 0 Å². The highest BCUT2D eigenvalue weighted by molar-refractivity contribution is 8.27. The van der Waals surface area contributed by atoms with Crippen molar-refractivity contribution in [2.24, 2.45) is 0 Å². The summed E-state index contributed by atoms with van der Waals surface area (Å²) in [5.41, 5.74) is 0.958. The third kappa shape index (κ3) is 4.36. The molecule has 176 valence electrons. The summed E-state index contributed by atoms with van der Waals surface area (Å²) in [5, 5.41) is 11.2. The van der Waals surface area contributed by atoms with Gasteiger partial charge in [-0.1, -0.05) is 30.0 Å². The second kappa shape index (κ2) is 9.24. The van der Waals surface area contributed by atoms with Crippen LogP contribution < -0.4 is 23.8 Å². The number of rotatable bonds is 6. The molecule has 0 aliphatic carbocycles. The number of anilines is 1. The summed E-state index contributed by atoms with van der Waals surface area (Å²) in [4.78, 5) is 29.6. The molecule has 0 saturated carbocycles. The van der Waals surface area contributed by atoms with Gasteiger partial charge in [0.1, 0.15) is 0 Å². The van der Waals surface area contributed by atoms with Crippen LogP contribution in [0.2, 0.25) is 0 Å². The van der Waals surface area contributed by atoms with E-state index in [1.54, 1.807) is 42.5 Å². The molecule has 1 saturated heterocycles. The molecule has 2 aliphatic rings. The van der Waals surface area contributed by atoms with Gasteiger partial charge in [-0.3, -0.25) is 19.8 Å². The molecule has 0 bridgehead atoms. The van der Waals surface area contributed by atoms with Crippen molar-refractivity contribution in [3.05, 3.63) is 75.3 Å². The van der Waals surface area contributed by atoms with Gasteiger partial charge in [0.2, 0.25) is 6.79 Å². The number of amides is 1. The lowest BCUT2D eigenvalue weighted by molar-refractivity contribution is -0.386. The molecule has 35 heavy (non-hydrogen) atoms. The van der Waals surface area contributed by atoms with Crippen molar-refractivity contribution in [1.29, 1.82) is 0 Å². The first kappa shape index (κ1) is 22.6. The number of methoxy groups -OCH3 is 1. The highest BCUT2D eigenvalue weighted by atomic mass is 32.2. The highest BCUT2D eigenvalue weighted by Gasteiger charge is 2.34. The molecule has 0 unspecified atom stereocenters. The first-order chi connectivity index (χ1) is 16.9. The fourth-order valence-electron chi connectivity index (χ4n) is 3.43. The molecule has 2 aliphatic heterocycles. The Morgan fingerprint density at radius 1 is 1.17 bits per heavy atom. The lowest BCUT2D eigenvalue weighted by atomic mass is 10.1. The van der Waals surface area contributed by atoms with Crippen LogP contribution >= 0.6 is 24.0 Å². The number of ether oxygens (including phenoxy) is 4.